The third-order valence-electron chi connectivity index (χ3n) is 5.85. The van der Waals surface area contributed by atoms with E-state index in [0.29, 0.717) is 12.3 Å². The monoisotopic (exact) mass is 342 g/mol. The molecule has 6 nitrogen and oxygen atoms in total. The lowest BCUT2D eigenvalue weighted by Crippen LogP contribution is -2.39. The largest absolute Gasteiger partial charge is 0.456 e. The SMILES string of the molecule is Cc1cc(C)c(C(=O)N(Cc2nccn2C)[C@@H]2CC23CCNCC3)o1. The number of rotatable bonds is 4. The van der Waals surface area contributed by atoms with E-state index in [9.17, 15) is 4.79 Å². The molecule has 1 aliphatic heterocycles. The summed E-state index contributed by atoms with van der Waals surface area (Å²) in [7, 11) is 1.97. The average molecular weight is 342 g/mol. The van der Waals surface area contributed by atoms with Gasteiger partial charge in [-0.15, -0.1) is 0 Å². The molecule has 1 aliphatic carbocycles. The van der Waals surface area contributed by atoms with E-state index in [-0.39, 0.29) is 17.4 Å². The molecule has 0 aromatic carbocycles. The number of aryl methyl sites for hydroxylation is 3. The molecule has 6 heteroatoms. The van der Waals surface area contributed by atoms with Crippen molar-refractivity contribution in [3.8, 4) is 0 Å². The van der Waals surface area contributed by atoms with Crippen LogP contribution >= 0.6 is 0 Å². The van der Waals surface area contributed by atoms with Gasteiger partial charge < -0.3 is 19.2 Å². The van der Waals surface area contributed by atoms with Crippen molar-refractivity contribution in [1.82, 2.24) is 19.8 Å². The normalized spacial score (nSPS) is 21.5. The lowest BCUT2D eigenvalue weighted by Gasteiger charge is -2.29. The van der Waals surface area contributed by atoms with Gasteiger partial charge in [0.05, 0.1) is 6.54 Å². The Morgan fingerprint density at radius 1 is 1.44 bits per heavy atom. The third kappa shape index (κ3) is 2.88. The summed E-state index contributed by atoms with van der Waals surface area (Å²) in [5, 5.41) is 3.43. The Bertz CT molecular complexity index is 785. The molecule has 25 heavy (non-hydrogen) atoms. The lowest BCUT2D eigenvalue weighted by molar-refractivity contribution is 0.0650. The van der Waals surface area contributed by atoms with Gasteiger partial charge in [0.1, 0.15) is 11.6 Å². The minimum atomic E-state index is -0.00555. The van der Waals surface area contributed by atoms with Crippen molar-refractivity contribution in [3.63, 3.8) is 0 Å². The predicted molar refractivity (Wildman–Crippen MR) is 94.2 cm³/mol. The van der Waals surface area contributed by atoms with Gasteiger partial charge in [0.2, 0.25) is 0 Å². The highest BCUT2D eigenvalue weighted by Crippen LogP contribution is 2.56. The summed E-state index contributed by atoms with van der Waals surface area (Å²) < 4.78 is 7.71. The Balaban J connectivity index is 1.63. The van der Waals surface area contributed by atoms with E-state index in [2.05, 4.69) is 10.3 Å². The number of nitrogens with one attached hydrogen (secondary N) is 1. The van der Waals surface area contributed by atoms with Gasteiger partial charge in [0, 0.05) is 31.0 Å². The van der Waals surface area contributed by atoms with E-state index < -0.39 is 0 Å². The number of aromatic nitrogens is 2. The molecule has 1 spiro atoms. The van der Waals surface area contributed by atoms with E-state index in [0.717, 1.165) is 49.5 Å². The van der Waals surface area contributed by atoms with Crippen LogP contribution in [-0.2, 0) is 13.6 Å². The molecular weight excluding hydrogens is 316 g/mol. The number of hydrogen-bond donors (Lipinski definition) is 1. The van der Waals surface area contributed by atoms with Crippen molar-refractivity contribution in [2.75, 3.05) is 13.1 Å². The Morgan fingerprint density at radius 3 is 2.80 bits per heavy atom. The molecule has 1 N–H and O–H groups in total. The van der Waals surface area contributed by atoms with Crippen molar-refractivity contribution in [1.29, 1.82) is 0 Å². The molecule has 0 radical (unpaired) electrons. The number of imidazole rings is 1. The standard InChI is InChI=1S/C19H26N4O2/c1-13-10-14(2)25-17(13)18(24)23(12-16-21-8-9-22(16)3)15-11-19(15)4-6-20-7-5-19/h8-10,15,20H,4-7,11-12H2,1-3H3/t15-/m1/s1. The van der Waals surface area contributed by atoms with E-state index in [4.69, 9.17) is 4.42 Å². The number of amides is 1. The van der Waals surface area contributed by atoms with Crippen LogP contribution in [0.15, 0.2) is 22.9 Å². The summed E-state index contributed by atoms with van der Waals surface area (Å²) in [6, 6.07) is 2.21. The van der Waals surface area contributed by atoms with Crippen LogP contribution in [0.2, 0.25) is 0 Å². The van der Waals surface area contributed by atoms with Gasteiger partial charge in [-0.1, -0.05) is 0 Å². The number of piperidine rings is 1. The second kappa shape index (κ2) is 6.02. The fraction of sp³-hybridized carbons (Fsp3) is 0.579. The maximum atomic E-state index is 13.3. The van der Waals surface area contributed by atoms with Crippen LogP contribution in [0, 0.1) is 19.3 Å². The second-order valence-corrected chi connectivity index (χ2v) is 7.59. The highest BCUT2D eigenvalue weighted by molar-refractivity contribution is 5.93. The first-order chi connectivity index (χ1) is 12.0. The smallest absolute Gasteiger partial charge is 0.290 e. The van der Waals surface area contributed by atoms with Crippen molar-refractivity contribution in [2.24, 2.45) is 12.5 Å². The molecule has 2 aliphatic rings. The molecule has 2 aromatic rings. The van der Waals surface area contributed by atoms with Gasteiger partial charge in [-0.3, -0.25) is 4.79 Å². The quantitative estimate of drug-likeness (QED) is 0.927. The number of nitrogens with zero attached hydrogens (tertiary/aromatic N) is 3. The Hall–Kier alpha value is -2.08. The Labute approximate surface area is 148 Å². The minimum absolute atomic E-state index is 0.00555. The molecule has 1 amide bonds. The van der Waals surface area contributed by atoms with Gasteiger partial charge >= 0.3 is 0 Å². The van der Waals surface area contributed by atoms with Gasteiger partial charge in [0.25, 0.3) is 5.91 Å². The maximum absolute atomic E-state index is 13.3. The molecule has 2 aromatic heterocycles. The van der Waals surface area contributed by atoms with Gasteiger partial charge in [-0.2, -0.15) is 0 Å². The molecule has 4 rings (SSSR count). The van der Waals surface area contributed by atoms with E-state index >= 15 is 0 Å². The average Bonchev–Trinajstić information content (AvgIpc) is 2.91. The van der Waals surface area contributed by atoms with Crippen LogP contribution < -0.4 is 5.32 Å². The van der Waals surface area contributed by atoms with Crippen LogP contribution in [-0.4, -0.2) is 39.5 Å². The van der Waals surface area contributed by atoms with Gasteiger partial charge in [0.15, 0.2) is 5.76 Å². The highest BCUT2D eigenvalue weighted by atomic mass is 16.4. The Kier molecular flexibility index (Phi) is 3.95. The lowest BCUT2D eigenvalue weighted by atomic mass is 9.93. The number of furan rings is 1. The van der Waals surface area contributed by atoms with Crippen molar-refractivity contribution < 1.29 is 9.21 Å². The van der Waals surface area contributed by atoms with Crippen molar-refractivity contribution in [2.45, 2.75) is 45.7 Å². The minimum Gasteiger partial charge on any atom is -0.456 e. The van der Waals surface area contributed by atoms with Gasteiger partial charge in [-0.05, 0) is 57.7 Å². The van der Waals surface area contributed by atoms with Crippen molar-refractivity contribution in [3.05, 3.63) is 41.4 Å². The molecule has 1 saturated heterocycles. The maximum Gasteiger partial charge on any atom is 0.290 e. The molecular formula is C19H26N4O2. The fourth-order valence-corrected chi connectivity index (χ4v) is 4.24. The number of carbonyl (C=O) groups excluding carboxylic acids is 1. The third-order valence-corrected chi connectivity index (χ3v) is 5.85. The summed E-state index contributed by atoms with van der Waals surface area (Å²) in [5.41, 5.74) is 1.19. The number of carbonyl (C=O) groups is 1. The zero-order valence-electron chi connectivity index (χ0n) is 15.2. The first-order valence-electron chi connectivity index (χ1n) is 9.05. The van der Waals surface area contributed by atoms with Crippen LogP contribution in [0.25, 0.3) is 0 Å². The molecule has 134 valence electrons. The summed E-state index contributed by atoms with van der Waals surface area (Å²) >= 11 is 0. The molecule has 1 atom stereocenters. The molecule has 3 heterocycles. The summed E-state index contributed by atoms with van der Waals surface area (Å²) in [6.45, 7) is 6.44. The predicted octanol–water partition coefficient (Wildman–Crippen LogP) is 2.41. The van der Waals surface area contributed by atoms with Crippen LogP contribution in [0.1, 0.15) is 47.0 Å². The summed E-state index contributed by atoms with van der Waals surface area (Å²) in [4.78, 5) is 19.7. The van der Waals surface area contributed by atoms with Crippen LogP contribution in [0.3, 0.4) is 0 Å². The summed E-state index contributed by atoms with van der Waals surface area (Å²) in [6.07, 6.45) is 7.07. The van der Waals surface area contributed by atoms with E-state index in [1.54, 1.807) is 6.20 Å². The summed E-state index contributed by atoms with van der Waals surface area (Å²) in [5.74, 6) is 2.16. The van der Waals surface area contributed by atoms with E-state index in [1.165, 1.54) is 0 Å². The Morgan fingerprint density at radius 2 is 2.20 bits per heavy atom. The molecule has 1 saturated carbocycles. The fourth-order valence-electron chi connectivity index (χ4n) is 4.24. The number of hydrogen-bond acceptors (Lipinski definition) is 4. The highest BCUT2D eigenvalue weighted by Gasteiger charge is 2.58. The van der Waals surface area contributed by atoms with Crippen molar-refractivity contribution >= 4 is 5.91 Å². The molecule has 0 unspecified atom stereocenters. The first-order valence-corrected chi connectivity index (χ1v) is 9.05. The zero-order valence-corrected chi connectivity index (χ0v) is 15.2. The first kappa shape index (κ1) is 16.4. The molecule has 0 bridgehead atoms. The van der Waals surface area contributed by atoms with Crippen LogP contribution in [0.5, 0.6) is 0 Å². The second-order valence-electron chi connectivity index (χ2n) is 7.59. The topological polar surface area (TPSA) is 63.3 Å². The van der Waals surface area contributed by atoms with Crippen LogP contribution in [0.4, 0.5) is 0 Å². The van der Waals surface area contributed by atoms with Gasteiger partial charge in [-0.25, -0.2) is 4.98 Å². The van der Waals surface area contributed by atoms with E-state index in [1.807, 2.05) is 42.6 Å². The molecule has 2 fully saturated rings. The zero-order chi connectivity index (χ0) is 17.6.